The predicted molar refractivity (Wildman–Crippen MR) is 130 cm³/mol. The molecule has 0 bridgehead atoms. The van der Waals surface area contributed by atoms with E-state index in [4.69, 9.17) is 4.74 Å². The molecule has 0 unspecified atom stereocenters. The van der Waals surface area contributed by atoms with Crippen LogP contribution in [0.15, 0.2) is 61.1 Å². The molecule has 1 fully saturated rings. The molecular weight excluding hydrogens is 450 g/mol. The molecule has 0 radical (unpaired) electrons. The van der Waals surface area contributed by atoms with Crippen LogP contribution in [-0.2, 0) is 10.0 Å². The van der Waals surface area contributed by atoms with Crippen LogP contribution in [-0.4, -0.2) is 28.7 Å². The second-order valence-electron chi connectivity index (χ2n) is 8.26. The highest BCUT2D eigenvalue weighted by Crippen LogP contribution is 2.45. The largest absolute Gasteiger partial charge is 0.437 e. The van der Waals surface area contributed by atoms with Gasteiger partial charge in [0.1, 0.15) is 11.8 Å². The fraction of sp³-hybridized carbons (Fsp3) is 0.240. The number of fused-ring (bicyclic) bond motifs is 1. The maximum atomic E-state index is 12.1. The fourth-order valence-electron chi connectivity index (χ4n) is 4.12. The molecule has 1 aliphatic carbocycles. The van der Waals surface area contributed by atoms with Gasteiger partial charge in [0, 0.05) is 35.6 Å². The molecule has 0 atom stereocenters. The molecule has 1 N–H and O–H groups in total. The number of rotatable bonds is 8. The summed E-state index contributed by atoms with van der Waals surface area (Å²) in [6.07, 6.45) is 7.31. The maximum Gasteiger partial charge on any atom is 0.237 e. The van der Waals surface area contributed by atoms with Gasteiger partial charge in [-0.2, -0.15) is 5.26 Å². The maximum absolute atomic E-state index is 12.1. The van der Waals surface area contributed by atoms with Crippen LogP contribution in [0.4, 0.5) is 5.69 Å². The van der Waals surface area contributed by atoms with E-state index in [2.05, 4.69) is 25.3 Å². The first-order valence-corrected chi connectivity index (χ1v) is 12.8. The number of aromatic nitrogens is 3. The van der Waals surface area contributed by atoms with Gasteiger partial charge in [0.15, 0.2) is 0 Å². The Hall–Kier alpha value is -3.90. The van der Waals surface area contributed by atoms with Crippen molar-refractivity contribution in [3.63, 3.8) is 0 Å². The summed E-state index contributed by atoms with van der Waals surface area (Å²) >= 11 is 0. The normalized spacial score (nSPS) is 13.5. The van der Waals surface area contributed by atoms with Crippen molar-refractivity contribution < 1.29 is 13.2 Å². The number of nitrogens with zero attached hydrogens (tertiary/aromatic N) is 4. The van der Waals surface area contributed by atoms with Crippen LogP contribution in [0.2, 0.25) is 0 Å². The predicted octanol–water partition coefficient (Wildman–Crippen LogP) is 5.25. The molecule has 9 heteroatoms. The number of ether oxygens (including phenoxy) is 1. The summed E-state index contributed by atoms with van der Waals surface area (Å²) in [5.41, 5.74) is 3.70. The van der Waals surface area contributed by atoms with Crippen molar-refractivity contribution in [2.75, 3.05) is 10.5 Å². The van der Waals surface area contributed by atoms with Crippen LogP contribution in [0.25, 0.3) is 22.2 Å². The molecule has 4 aromatic rings. The van der Waals surface area contributed by atoms with Crippen molar-refractivity contribution >= 4 is 26.6 Å². The quantitative estimate of drug-likeness (QED) is 0.374. The third kappa shape index (κ3) is 4.32. The Balaban J connectivity index is 1.57. The first-order valence-electron chi connectivity index (χ1n) is 11.1. The zero-order valence-corrected chi connectivity index (χ0v) is 19.4. The SMILES string of the molecule is CCCS(=O)(=O)Nc1ccc(-c2c(C#N)c3ccc(Oc4cnccn4)cc3n2C2CC2)cc1. The molecule has 8 nitrogen and oxygen atoms in total. The number of hydrogen-bond acceptors (Lipinski definition) is 6. The Bertz CT molecular complexity index is 1490. The van der Waals surface area contributed by atoms with E-state index in [1.54, 1.807) is 30.7 Å². The topological polar surface area (TPSA) is 110 Å². The average Bonchev–Trinajstić information content (AvgIpc) is 3.61. The number of anilines is 1. The average molecular weight is 474 g/mol. The van der Waals surface area contributed by atoms with Crippen molar-refractivity contribution in [2.45, 2.75) is 32.2 Å². The van der Waals surface area contributed by atoms with E-state index in [1.807, 2.05) is 37.3 Å². The molecule has 1 aliphatic rings. The zero-order valence-electron chi connectivity index (χ0n) is 18.6. The van der Waals surface area contributed by atoms with Crippen molar-refractivity contribution in [3.05, 3.63) is 66.6 Å². The van der Waals surface area contributed by atoms with Gasteiger partial charge in [0.25, 0.3) is 0 Å². The fourth-order valence-corrected chi connectivity index (χ4v) is 5.25. The molecule has 34 heavy (non-hydrogen) atoms. The van der Waals surface area contributed by atoms with E-state index in [9.17, 15) is 13.7 Å². The monoisotopic (exact) mass is 473 g/mol. The lowest BCUT2D eigenvalue weighted by Crippen LogP contribution is -2.15. The van der Waals surface area contributed by atoms with Gasteiger partial charge in [-0.3, -0.25) is 9.71 Å². The molecule has 2 aromatic heterocycles. The standard InChI is InChI=1S/C25H23N5O3S/c1-2-13-34(31,32)29-18-5-3-17(4-6-18)25-22(15-26)21-10-9-20(33-24-16-27-11-12-28-24)14-23(21)30(25)19-7-8-19/h3-6,9-12,14,16,19,29H,2,7-8,13H2,1H3. The molecule has 1 saturated carbocycles. The van der Waals surface area contributed by atoms with E-state index >= 15 is 0 Å². The second kappa shape index (κ2) is 8.80. The van der Waals surface area contributed by atoms with Gasteiger partial charge in [-0.15, -0.1) is 0 Å². The molecule has 0 saturated heterocycles. The minimum Gasteiger partial charge on any atom is -0.437 e. The summed E-state index contributed by atoms with van der Waals surface area (Å²) in [5, 5.41) is 10.9. The Labute approximate surface area is 197 Å². The number of sulfonamides is 1. The van der Waals surface area contributed by atoms with E-state index in [-0.39, 0.29) is 5.75 Å². The molecule has 2 heterocycles. The number of benzene rings is 2. The van der Waals surface area contributed by atoms with Gasteiger partial charge in [-0.1, -0.05) is 19.1 Å². The Morgan fingerprint density at radius 3 is 2.62 bits per heavy atom. The van der Waals surface area contributed by atoms with E-state index < -0.39 is 10.0 Å². The van der Waals surface area contributed by atoms with Gasteiger partial charge in [-0.25, -0.2) is 13.4 Å². The lowest BCUT2D eigenvalue weighted by Gasteiger charge is -2.12. The molecule has 0 aliphatic heterocycles. The molecule has 5 rings (SSSR count). The third-order valence-corrected chi connectivity index (χ3v) is 7.16. The van der Waals surface area contributed by atoms with Gasteiger partial charge in [-0.05, 0) is 49.1 Å². The van der Waals surface area contributed by atoms with Crippen molar-refractivity contribution in [1.29, 1.82) is 5.26 Å². The molecule has 172 valence electrons. The van der Waals surface area contributed by atoms with E-state index in [0.717, 1.165) is 35.0 Å². The third-order valence-electron chi connectivity index (χ3n) is 5.67. The van der Waals surface area contributed by atoms with Gasteiger partial charge < -0.3 is 9.30 Å². The number of nitriles is 1. The summed E-state index contributed by atoms with van der Waals surface area (Å²) in [4.78, 5) is 8.19. The Kier molecular flexibility index (Phi) is 5.67. The Morgan fingerprint density at radius 2 is 1.97 bits per heavy atom. The van der Waals surface area contributed by atoms with Crippen molar-refractivity contribution in [3.8, 4) is 29.0 Å². The van der Waals surface area contributed by atoms with Crippen molar-refractivity contribution in [2.24, 2.45) is 0 Å². The van der Waals surface area contributed by atoms with Crippen LogP contribution in [0.1, 0.15) is 37.8 Å². The van der Waals surface area contributed by atoms with Crippen LogP contribution < -0.4 is 9.46 Å². The first-order chi connectivity index (χ1) is 16.5. The van der Waals surface area contributed by atoms with Gasteiger partial charge >= 0.3 is 0 Å². The van der Waals surface area contributed by atoms with Crippen LogP contribution >= 0.6 is 0 Å². The minimum atomic E-state index is -3.37. The van der Waals surface area contributed by atoms with Gasteiger partial charge in [0.2, 0.25) is 15.9 Å². The smallest absolute Gasteiger partial charge is 0.237 e. The van der Waals surface area contributed by atoms with Crippen LogP contribution in [0, 0.1) is 11.3 Å². The summed E-state index contributed by atoms with van der Waals surface area (Å²) < 4.78 is 34.9. The Morgan fingerprint density at radius 1 is 1.18 bits per heavy atom. The van der Waals surface area contributed by atoms with Crippen molar-refractivity contribution in [1.82, 2.24) is 14.5 Å². The molecule has 0 amide bonds. The minimum absolute atomic E-state index is 0.0716. The highest BCUT2D eigenvalue weighted by molar-refractivity contribution is 7.92. The summed E-state index contributed by atoms with van der Waals surface area (Å²) in [5.74, 6) is 1.08. The molecular formula is C25H23N5O3S. The summed E-state index contributed by atoms with van der Waals surface area (Å²) in [6.45, 7) is 1.83. The van der Waals surface area contributed by atoms with Crippen LogP contribution in [0.5, 0.6) is 11.6 Å². The zero-order chi connectivity index (χ0) is 23.7. The number of hydrogen-bond donors (Lipinski definition) is 1. The highest BCUT2D eigenvalue weighted by Gasteiger charge is 2.31. The highest BCUT2D eigenvalue weighted by atomic mass is 32.2. The summed E-state index contributed by atoms with van der Waals surface area (Å²) in [6, 6.07) is 15.5. The van der Waals surface area contributed by atoms with E-state index in [1.165, 1.54) is 0 Å². The molecule has 2 aromatic carbocycles. The first kappa shape index (κ1) is 21.9. The van der Waals surface area contributed by atoms with E-state index in [0.29, 0.717) is 35.3 Å². The second-order valence-corrected chi connectivity index (χ2v) is 10.1. The lowest BCUT2D eigenvalue weighted by molar-refractivity contribution is 0.460. The number of nitrogens with one attached hydrogen (secondary N) is 1. The summed E-state index contributed by atoms with van der Waals surface area (Å²) in [7, 11) is -3.37. The van der Waals surface area contributed by atoms with Gasteiger partial charge in [0.05, 0.1) is 28.7 Å². The molecule has 0 spiro atoms. The lowest BCUT2D eigenvalue weighted by atomic mass is 10.1. The van der Waals surface area contributed by atoms with Crippen LogP contribution in [0.3, 0.4) is 0 Å².